The van der Waals surface area contributed by atoms with E-state index in [0.717, 1.165) is 30.5 Å². The van der Waals surface area contributed by atoms with Crippen molar-refractivity contribution in [1.29, 1.82) is 0 Å². The minimum atomic E-state index is 0.446. The number of aromatic nitrogens is 2. The third kappa shape index (κ3) is 4.30. The molecule has 0 radical (unpaired) electrons. The molecular formula is C17H28IN3. The van der Waals surface area contributed by atoms with Crippen LogP contribution < -0.4 is 5.32 Å². The summed E-state index contributed by atoms with van der Waals surface area (Å²) >= 11 is 2.40. The van der Waals surface area contributed by atoms with Crippen molar-refractivity contribution in [2.45, 2.75) is 71.6 Å². The van der Waals surface area contributed by atoms with Crippen molar-refractivity contribution < 1.29 is 0 Å². The van der Waals surface area contributed by atoms with Gasteiger partial charge in [0.1, 0.15) is 11.6 Å². The average molecular weight is 401 g/mol. The molecule has 2 rings (SSSR count). The molecule has 1 saturated carbocycles. The van der Waals surface area contributed by atoms with Gasteiger partial charge in [0, 0.05) is 12.5 Å². The smallest absolute Gasteiger partial charge is 0.143 e. The first-order valence-corrected chi connectivity index (χ1v) is 9.42. The number of halogens is 1. The molecule has 1 aliphatic rings. The van der Waals surface area contributed by atoms with Crippen LogP contribution in [-0.2, 0) is 0 Å². The molecule has 0 amide bonds. The van der Waals surface area contributed by atoms with Gasteiger partial charge < -0.3 is 5.32 Å². The van der Waals surface area contributed by atoms with Crippen LogP contribution in [0.3, 0.4) is 0 Å². The molecule has 0 spiro atoms. The predicted octanol–water partition coefficient (Wildman–Crippen LogP) is 5.32. The number of anilines is 1. The van der Waals surface area contributed by atoms with Crippen molar-refractivity contribution in [2.24, 2.45) is 5.92 Å². The van der Waals surface area contributed by atoms with E-state index < -0.39 is 0 Å². The largest absolute Gasteiger partial charge is 0.369 e. The molecule has 1 fully saturated rings. The van der Waals surface area contributed by atoms with Crippen LogP contribution >= 0.6 is 22.6 Å². The number of hydrogen-bond acceptors (Lipinski definition) is 3. The van der Waals surface area contributed by atoms with Crippen LogP contribution in [0.1, 0.15) is 83.2 Å². The number of hydrogen-bond donors (Lipinski definition) is 1. The fraction of sp³-hybridized carbons (Fsp3) is 0.765. The lowest BCUT2D eigenvalue weighted by atomic mass is 9.82. The van der Waals surface area contributed by atoms with Gasteiger partial charge in [-0.2, -0.15) is 0 Å². The van der Waals surface area contributed by atoms with Crippen LogP contribution in [-0.4, -0.2) is 16.5 Å². The van der Waals surface area contributed by atoms with Crippen molar-refractivity contribution in [3.63, 3.8) is 0 Å². The van der Waals surface area contributed by atoms with Crippen LogP contribution in [0.15, 0.2) is 0 Å². The highest BCUT2D eigenvalue weighted by molar-refractivity contribution is 14.1. The summed E-state index contributed by atoms with van der Waals surface area (Å²) in [5, 5.41) is 3.49. The second kappa shape index (κ2) is 7.75. The van der Waals surface area contributed by atoms with Crippen LogP contribution in [0.5, 0.6) is 0 Å². The fourth-order valence-corrected chi connectivity index (χ4v) is 4.13. The molecule has 0 aromatic carbocycles. The highest BCUT2D eigenvalue weighted by atomic mass is 127. The van der Waals surface area contributed by atoms with E-state index in [2.05, 4.69) is 55.6 Å². The van der Waals surface area contributed by atoms with E-state index >= 15 is 0 Å². The van der Waals surface area contributed by atoms with E-state index in [1.165, 1.54) is 34.9 Å². The standard InChI is InChI=1S/C17H28IN3/c1-5-9-19-17-14(18)15(11(2)3)20-16(21-17)13-8-6-7-12(4)10-13/h11-13H,5-10H2,1-4H3,(H,19,20,21). The highest BCUT2D eigenvalue weighted by Crippen LogP contribution is 2.36. The third-order valence-electron chi connectivity index (χ3n) is 4.29. The van der Waals surface area contributed by atoms with Gasteiger partial charge in [0.2, 0.25) is 0 Å². The molecule has 1 aromatic heterocycles. The van der Waals surface area contributed by atoms with Crippen molar-refractivity contribution in [1.82, 2.24) is 9.97 Å². The Morgan fingerprint density at radius 2 is 2.05 bits per heavy atom. The maximum Gasteiger partial charge on any atom is 0.143 e. The lowest BCUT2D eigenvalue weighted by Gasteiger charge is -2.27. The Morgan fingerprint density at radius 1 is 1.29 bits per heavy atom. The molecule has 1 aliphatic carbocycles. The minimum absolute atomic E-state index is 0.446. The molecule has 1 aromatic rings. The van der Waals surface area contributed by atoms with Crippen molar-refractivity contribution in [2.75, 3.05) is 11.9 Å². The zero-order valence-electron chi connectivity index (χ0n) is 13.7. The summed E-state index contributed by atoms with van der Waals surface area (Å²) in [4.78, 5) is 9.82. The molecule has 2 unspecified atom stereocenters. The summed E-state index contributed by atoms with van der Waals surface area (Å²) in [7, 11) is 0. The lowest BCUT2D eigenvalue weighted by molar-refractivity contribution is 0.334. The number of nitrogens with one attached hydrogen (secondary N) is 1. The van der Waals surface area contributed by atoms with Gasteiger partial charge in [0.15, 0.2) is 0 Å². The van der Waals surface area contributed by atoms with Gasteiger partial charge in [0.25, 0.3) is 0 Å². The first-order chi connectivity index (χ1) is 10.0. The van der Waals surface area contributed by atoms with E-state index in [1.807, 2.05) is 0 Å². The average Bonchev–Trinajstić information content (AvgIpc) is 2.46. The molecule has 4 heteroatoms. The van der Waals surface area contributed by atoms with Gasteiger partial charge >= 0.3 is 0 Å². The second-order valence-electron chi connectivity index (χ2n) is 6.68. The summed E-state index contributed by atoms with van der Waals surface area (Å²) in [6.45, 7) is 9.97. The quantitative estimate of drug-likeness (QED) is 0.679. The monoisotopic (exact) mass is 401 g/mol. The third-order valence-corrected chi connectivity index (χ3v) is 5.35. The Labute approximate surface area is 142 Å². The topological polar surface area (TPSA) is 37.8 Å². The van der Waals surface area contributed by atoms with Gasteiger partial charge in [-0.1, -0.05) is 40.5 Å². The molecule has 0 aliphatic heterocycles. The van der Waals surface area contributed by atoms with Crippen molar-refractivity contribution in [3.8, 4) is 0 Å². The van der Waals surface area contributed by atoms with Crippen LogP contribution in [0, 0.1) is 9.49 Å². The number of rotatable bonds is 5. The normalized spacial score (nSPS) is 22.6. The Bertz CT molecular complexity index is 473. The van der Waals surface area contributed by atoms with Crippen LogP contribution in [0.4, 0.5) is 5.82 Å². The summed E-state index contributed by atoms with van der Waals surface area (Å²) in [6.07, 6.45) is 6.28. The predicted molar refractivity (Wildman–Crippen MR) is 98.0 cm³/mol. The van der Waals surface area contributed by atoms with Gasteiger partial charge in [0.05, 0.1) is 9.26 Å². The van der Waals surface area contributed by atoms with Gasteiger partial charge in [-0.25, -0.2) is 9.97 Å². The van der Waals surface area contributed by atoms with Crippen LogP contribution in [0.2, 0.25) is 0 Å². The zero-order valence-corrected chi connectivity index (χ0v) is 15.9. The molecule has 118 valence electrons. The molecule has 3 nitrogen and oxygen atoms in total. The van der Waals surface area contributed by atoms with E-state index in [0.29, 0.717) is 11.8 Å². The Hall–Kier alpha value is -0.390. The van der Waals surface area contributed by atoms with Crippen molar-refractivity contribution >= 4 is 28.4 Å². The molecular weight excluding hydrogens is 373 g/mol. The van der Waals surface area contributed by atoms with E-state index in [4.69, 9.17) is 9.97 Å². The maximum absolute atomic E-state index is 4.94. The summed E-state index contributed by atoms with van der Waals surface area (Å²) in [6, 6.07) is 0. The first kappa shape index (κ1) is 17.0. The van der Waals surface area contributed by atoms with Gasteiger partial charge in [-0.15, -0.1) is 0 Å². The molecule has 0 saturated heterocycles. The Balaban J connectivity index is 2.33. The second-order valence-corrected chi connectivity index (χ2v) is 7.76. The lowest BCUT2D eigenvalue weighted by Crippen LogP contribution is -2.18. The molecule has 2 atom stereocenters. The Morgan fingerprint density at radius 3 is 2.67 bits per heavy atom. The van der Waals surface area contributed by atoms with E-state index in [1.54, 1.807) is 0 Å². The summed E-state index contributed by atoms with van der Waals surface area (Å²) < 4.78 is 1.20. The zero-order chi connectivity index (χ0) is 15.4. The first-order valence-electron chi connectivity index (χ1n) is 8.34. The summed E-state index contributed by atoms with van der Waals surface area (Å²) in [5.74, 6) is 3.92. The molecule has 21 heavy (non-hydrogen) atoms. The van der Waals surface area contributed by atoms with Gasteiger partial charge in [-0.3, -0.25) is 0 Å². The SMILES string of the molecule is CCCNc1nc(C2CCCC(C)C2)nc(C(C)C)c1I. The molecule has 1 N–H and O–H groups in total. The van der Waals surface area contributed by atoms with Crippen LogP contribution in [0.25, 0.3) is 0 Å². The molecule has 1 heterocycles. The number of nitrogens with zero attached hydrogens (tertiary/aromatic N) is 2. The van der Waals surface area contributed by atoms with Crippen molar-refractivity contribution in [3.05, 3.63) is 15.1 Å². The Kier molecular flexibility index (Phi) is 6.26. The molecule has 0 bridgehead atoms. The summed E-state index contributed by atoms with van der Waals surface area (Å²) in [5.41, 5.74) is 1.21. The fourth-order valence-electron chi connectivity index (χ4n) is 3.08. The van der Waals surface area contributed by atoms with E-state index in [9.17, 15) is 0 Å². The van der Waals surface area contributed by atoms with Gasteiger partial charge in [-0.05, 0) is 53.7 Å². The van der Waals surface area contributed by atoms with E-state index in [-0.39, 0.29) is 0 Å². The maximum atomic E-state index is 4.94. The minimum Gasteiger partial charge on any atom is -0.369 e. The highest BCUT2D eigenvalue weighted by Gasteiger charge is 2.25.